The minimum Gasteiger partial charge on any atom is -0.493 e. The first kappa shape index (κ1) is 30.4. The number of aliphatic hydroxyl groups excluding tert-OH is 1. The summed E-state index contributed by atoms with van der Waals surface area (Å²) in [6.45, 7) is 15.8. The number of fused-ring (bicyclic) bond motifs is 1. The minimum atomic E-state index is -0.00279. The number of likely N-dealkylation sites (tertiary alicyclic amines) is 1. The number of aliphatic hydroxyl groups is 1. The Bertz CT molecular complexity index is 1370. The Balaban J connectivity index is 1.30. The Kier molecular flexibility index (Phi) is 9.77. The fraction of sp³-hybridized carbons (Fsp3) is 0.500. The van der Waals surface area contributed by atoms with Crippen LogP contribution in [0.2, 0.25) is 0 Å². The SMILES string of the molecule is CCOc1cc(O[C@H]2CCc3c(-c4cccc(OCCCN5CCC5(C)C)c4C)cccc32)c(C)cc1CNCCO. The summed E-state index contributed by atoms with van der Waals surface area (Å²) in [6.07, 6.45) is 4.24. The zero-order chi connectivity index (χ0) is 29.7. The Hall–Kier alpha value is -3.06. The standard InChI is InChI=1S/C36H48N2O4/c1-6-40-35-23-34(25(2)22-27(35)24-37-17-20-39)42-33-15-14-30-29(11-7-12-31(30)33)28-10-8-13-32(26(28)3)41-21-9-18-38-19-16-36(38,4)5/h7-8,10-13,22-23,33,37,39H,6,9,14-21,24H2,1-5H3/t33-/m0/s1. The van der Waals surface area contributed by atoms with Gasteiger partial charge in [0.25, 0.3) is 0 Å². The average molecular weight is 573 g/mol. The third-order valence-electron chi connectivity index (χ3n) is 9.00. The molecule has 1 aliphatic heterocycles. The van der Waals surface area contributed by atoms with Crippen molar-refractivity contribution in [1.82, 2.24) is 10.2 Å². The van der Waals surface area contributed by atoms with E-state index in [0.29, 0.717) is 25.2 Å². The van der Waals surface area contributed by atoms with E-state index in [0.717, 1.165) is 60.8 Å². The van der Waals surface area contributed by atoms with E-state index in [4.69, 9.17) is 19.3 Å². The second-order valence-electron chi connectivity index (χ2n) is 12.3. The van der Waals surface area contributed by atoms with Gasteiger partial charge in [0, 0.05) is 43.3 Å². The summed E-state index contributed by atoms with van der Waals surface area (Å²) in [5.74, 6) is 2.67. The van der Waals surface area contributed by atoms with Crippen LogP contribution in [-0.2, 0) is 13.0 Å². The summed E-state index contributed by atoms with van der Waals surface area (Å²) in [6, 6.07) is 17.2. The largest absolute Gasteiger partial charge is 0.493 e. The Labute approximate surface area is 252 Å². The molecule has 6 heteroatoms. The molecule has 6 nitrogen and oxygen atoms in total. The lowest BCUT2D eigenvalue weighted by atomic mass is 9.89. The van der Waals surface area contributed by atoms with E-state index in [2.05, 4.69) is 80.4 Å². The third-order valence-corrected chi connectivity index (χ3v) is 9.00. The first-order valence-electron chi connectivity index (χ1n) is 15.7. The predicted octanol–water partition coefficient (Wildman–Crippen LogP) is 6.77. The molecule has 0 saturated carbocycles. The van der Waals surface area contributed by atoms with Crippen LogP contribution in [0.3, 0.4) is 0 Å². The molecule has 226 valence electrons. The van der Waals surface area contributed by atoms with Crippen molar-refractivity contribution in [3.8, 4) is 28.4 Å². The zero-order valence-corrected chi connectivity index (χ0v) is 26.1. The van der Waals surface area contributed by atoms with Crippen molar-refractivity contribution < 1.29 is 19.3 Å². The molecule has 0 radical (unpaired) electrons. The van der Waals surface area contributed by atoms with Crippen molar-refractivity contribution in [3.05, 3.63) is 76.3 Å². The number of nitrogens with zero attached hydrogens (tertiary/aromatic N) is 1. The summed E-state index contributed by atoms with van der Waals surface area (Å²) in [4.78, 5) is 2.55. The third kappa shape index (κ3) is 6.61. The summed E-state index contributed by atoms with van der Waals surface area (Å²) < 4.78 is 19.0. The van der Waals surface area contributed by atoms with Crippen LogP contribution in [0.5, 0.6) is 17.2 Å². The summed E-state index contributed by atoms with van der Waals surface area (Å²) in [5.41, 5.74) is 8.85. The van der Waals surface area contributed by atoms with E-state index in [-0.39, 0.29) is 12.7 Å². The van der Waals surface area contributed by atoms with Gasteiger partial charge >= 0.3 is 0 Å². The van der Waals surface area contributed by atoms with Gasteiger partial charge in [0.05, 0.1) is 19.8 Å². The molecule has 2 aliphatic rings. The van der Waals surface area contributed by atoms with Gasteiger partial charge in [-0.1, -0.05) is 30.3 Å². The summed E-state index contributed by atoms with van der Waals surface area (Å²) >= 11 is 0. The quantitative estimate of drug-likeness (QED) is 0.208. The van der Waals surface area contributed by atoms with Crippen LogP contribution in [0.1, 0.15) is 74.0 Å². The highest BCUT2D eigenvalue weighted by Crippen LogP contribution is 2.43. The van der Waals surface area contributed by atoms with Gasteiger partial charge in [-0.25, -0.2) is 0 Å². The second kappa shape index (κ2) is 13.5. The molecule has 3 aromatic rings. The second-order valence-corrected chi connectivity index (χ2v) is 12.3. The number of ether oxygens (including phenoxy) is 3. The fourth-order valence-electron chi connectivity index (χ4n) is 6.36. The van der Waals surface area contributed by atoms with Crippen LogP contribution in [0.25, 0.3) is 11.1 Å². The molecule has 0 unspecified atom stereocenters. The highest BCUT2D eigenvalue weighted by atomic mass is 16.5. The van der Waals surface area contributed by atoms with Crippen molar-refractivity contribution in [2.24, 2.45) is 0 Å². The number of benzene rings is 3. The van der Waals surface area contributed by atoms with Gasteiger partial charge in [-0.05, 0) is 106 Å². The molecule has 0 amide bonds. The van der Waals surface area contributed by atoms with E-state index in [1.54, 1.807) is 0 Å². The number of nitrogens with one attached hydrogen (secondary N) is 1. The highest BCUT2D eigenvalue weighted by molar-refractivity contribution is 5.74. The Morgan fingerprint density at radius 2 is 1.81 bits per heavy atom. The Morgan fingerprint density at radius 1 is 1.00 bits per heavy atom. The lowest BCUT2D eigenvalue weighted by molar-refractivity contribution is 0.0123. The van der Waals surface area contributed by atoms with E-state index >= 15 is 0 Å². The maximum atomic E-state index is 9.14. The molecule has 0 spiro atoms. The number of hydrogen-bond acceptors (Lipinski definition) is 6. The summed E-state index contributed by atoms with van der Waals surface area (Å²) in [5, 5.41) is 12.4. The molecule has 5 rings (SSSR count). The van der Waals surface area contributed by atoms with Gasteiger partial charge in [0.2, 0.25) is 0 Å². The zero-order valence-electron chi connectivity index (χ0n) is 26.1. The molecule has 1 atom stereocenters. The monoisotopic (exact) mass is 572 g/mol. The predicted molar refractivity (Wildman–Crippen MR) is 170 cm³/mol. The van der Waals surface area contributed by atoms with Crippen molar-refractivity contribution in [1.29, 1.82) is 0 Å². The van der Waals surface area contributed by atoms with E-state index < -0.39 is 0 Å². The fourth-order valence-corrected chi connectivity index (χ4v) is 6.36. The molecular formula is C36H48N2O4. The van der Waals surface area contributed by atoms with Crippen LogP contribution in [-0.4, -0.2) is 55.0 Å². The topological polar surface area (TPSA) is 63.2 Å². The Morgan fingerprint density at radius 3 is 2.55 bits per heavy atom. The van der Waals surface area contributed by atoms with Gasteiger partial charge in [-0.3, -0.25) is 4.90 Å². The van der Waals surface area contributed by atoms with Gasteiger partial charge in [-0.2, -0.15) is 0 Å². The van der Waals surface area contributed by atoms with Gasteiger partial charge in [-0.15, -0.1) is 0 Å². The molecule has 3 aromatic carbocycles. The summed E-state index contributed by atoms with van der Waals surface area (Å²) in [7, 11) is 0. The van der Waals surface area contributed by atoms with Crippen molar-refractivity contribution in [2.45, 2.75) is 78.5 Å². The van der Waals surface area contributed by atoms with Crippen molar-refractivity contribution in [2.75, 3.05) is 39.5 Å². The van der Waals surface area contributed by atoms with Crippen LogP contribution in [0.15, 0.2) is 48.5 Å². The highest BCUT2D eigenvalue weighted by Gasteiger charge is 2.34. The molecule has 1 heterocycles. The van der Waals surface area contributed by atoms with Crippen molar-refractivity contribution >= 4 is 0 Å². The van der Waals surface area contributed by atoms with Gasteiger partial charge < -0.3 is 24.6 Å². The lowest BCUT2D eigenvalue weighted by Crippen LogP contribution is -2.55. The molecule has 1 aliphatic carbocycles. The van der Waals surface area contributed by atoms with Crippen molar-refractivity contribution in [3.63, 3.8) is 0 Å². The molecule has 0 aromatic heterocycles. The maximum absolute atomic E-state index is 9.14. The van der Waals surface area contributed by atoms with Crippen LogP contribution < -0.4 is 19.5 Å². The van der Waals surface area contributed by atoms with Gasteiger partial charge in [0.15, 0.2) is 0 Å². The first-order valence-corrected chi connectivity index (χ1v) is 15.7. The molecule has 0 bridgehead atoms. The number of hydrogen-bond donors (Lipinski definition) is 2. The molecule has 1 saturated heterocycles. The smallest absolute Gasteiger partial charge is 0.127 e. The van der Waals surface area contributed by atoms with Crippen LogP contribution in [0.4, 0.5) is 0 Å². The molecule has 42 heavy (non-hydrogen) atoms. The van der Waals surface area contributed by atoms with Gasteiger partial charge in [0.1, 0.15) is 23.4 Å². The van der Waals surface area contributed by atoms with E-state index in [1.807, 2.05) is 13.0 Å². The van der Waals surface area contributed by atoms with E-state index in [1.165, 1.54) is 40.8 Å². The molecular weight excluding hydrogens is 524 g/mol. The average Bonchev–Trinajstić information content (AvgIpc) is 3.38. The number of rotatable bonds is 14. The number of aryl methyl sites for hydroxylation is 1. The normalized spacial score (nSPS) is 17.5. The maximum Gasteiger partial charge on any atom is 0.127 e. The van der Waals surface area contributed by atoms with Crippen LogP contribution >= 0.6 is 0 Å². The minimum absolute atomic E-state index is 0.00279. The van der Waals surface area contributed by atoms with E-state index in [9.17, 15) is 0 Å². The first-order chi connectivity index (χ1) is 20.3. The molecule has 2 N–H and O–H groups in total. The van der Waals surface area contributed by atoms with Crippen LogP contribution in [0, 0.1) is 13.8 Å². The lowest BCUT2D eigenvalue weighted by Gasteiger charge is -2.48. The molecule has 1 fully saturated rings.